The molecule has 1 saturated heterocycles. The minimum absolute atomic E-state index is 0.0434. The topological polar surface area (TPSA) is 116 Å². The summed E-state index contributed by atoms with van der Waals surface area (Å²) in [5.74, 6) is -1.37. The zero-order valence-corrected chi connectivity index (χ0v) is 17.3. The van der Waals surface area contributed by atoms with E-state index in [-0.39, 0.29) is 28.8 Å². The fourth-order valence-corrected chi connectivity index (χ4v) is 5.06. The molecule has 0 spiro atoms. The Morgan fingerprint density at radius 2 is 1.93 bits per heavy atom. The number of nitrogens with zero attached hydrogens (tertiary/aromatic N) is 3. The van der Waals surface area contributed by atoms with Crippen molar-refractivity contribution in [1.29, 1.82) is 0 Å². The highest BCUT2D eigenvalue weighted by Gasteiger charge is 2.33. The first-order chi connectivity index (χ1) is 13.6. The SMILES string of the molecule is CC(C)n1nc(C(=O)OCC(=O)N(C)[C@@H]2CCS(=O)(=O)C2)c2ccccc2c1=O. The lowest BCUT2D eigenvalue weighted by atomic mass is 10.1. The number of ether oxygens (including phenoxy) is 1. The summed E-state index contributed by atoms with van der Waals surface area (Å²) < 4.78 is 29.5. The smallest absolute Gasteiger partial charge is 0.359 e. The van der Waals surface area contributed by atoms with Gasteiger partial charge in [0.1, 0.15) is 0 Å². The van der Waals surface area contributed by atoms with Crippen LogP contribution in [0.25, 0.3) is 10.8 Å². The number of carbonyl (C=O) groups excluding carboxylic acids is 2. The molecule has 1 aromatic heterocycles. The molecule has 0 bridgehead atoms. The molecule has 0 unspecified atom stereocenters. The van der Waals surface area contributed by atoms with Crippen LogP contribution in [0.5, 0.6) is 0 Å². The fourth-order valence-electron chi connectivity index (χ4n) is 3.29. The zero-order valence-electron chi connectivity index (χ0n) is 16.5. The van der Waals surface area contributed by atoms with Crippen LogP contribution in [0.4, 0.5) is 0 Å². The highest BCUT2D eigenvalue weighted by Crippen LogP contribution is 2.18. The Kier molecular flexibility index (Phi) is 5.74. The van der Waals surface area contributed by atoms with Gasteiger partial charge in [-0.05, 0) is 26.3 Å². The van der Waals surface area contributed by atoms with Crippen LogP contribution < -0.4 is 5.56 Å². The monoisotopic (exact) mass is 421 g/mol. The third kappa shape index (κ3) is 4.31. The van der Waals surface area contributed by atoms with Crippen molar-refractivity contribution >= 4 is 32.5 Å². The number of rotatable bonds is 5. The van der Waals surface area contributed by atoms with E-state index >= 15 is 0 Å². The first-order valence-corrected chi connectivity index (χ1v) is 11.1. The molecule has 1 aliphatic heterocycles. The van der Waals surface area contributed by atoms with Gasteiger partial charge in [0.2, 0.25) is 0 Å². The molecule has 156 valence electrons. The van der Waals surface area contributed by atoms with Crippen molar-refractivity contribution in [2.24, 2.45) is 0 Å². The van der Waals surface area contributed by atoms with Crippen LogP contribution in [0.15, 0.2) is 29.1 Å². The number of aromatic nitrogens is 2. The molecular formula is C19H23N3O6S. The summed E-state index contributed by atoms with van der Waals surface area (Å²) in [6.45, 7) is 3.00. The number of fused-ring (bicyclic) bond motifs is 1. The molecule has 1 atom stereocenters. The molecule has 0 saturated carbocycles. The Hall–Kier alpha value is -2.75. The van der Waals surface area contributed by atoms with Gasteiger partial charge in [0, 0.05) is 18.5 Å². The van der Waals surface area contributed by atoms with Crippen molar-refractivity contribution in [2.45, 2.75) is 32.4 Å². The Morgan fingerprint density at radius 1 is 1.28 bits per heavy atom. The molecule has 9 nitrogen and oxygen atoms in total. The zero-order chi connectivity index (χ0) is 21.3. The molecule has 1 aromatic carbocycles. The van der Waals surface area contributed by atoms with E-state index in [9.17, 15) is 22.8 Å². The number of hydrogen-bond donors (Lipinski definition) is 0. The van der Waals surface area contributed by atoms with Gasteiger partial charge in [0.25, 0.3) is 11.5 Å². The summed E-state index contributed by atoms with van der Waals surface area (Å²) in [5.41, 5.74) is -0.363. The fraction of sp³-hybridized carbons (Fsp3) is 0.474. The Balaban J connectivity index is 1.79. The quantitative estimate of drug-likeness (QED) is 0.655. The van der Waals surface area contributed by atoms with E-state index in [0.717, 1.165) is 0 Å². The van der Waals surface area contributed by atoms with Gasteiger partial charge in [-0.25, -0.2) is 17.9 Å². The maximum Gasteiger partial charge on any atom is 0.359 e. The van der Waals surface area contributed by atoms with Gasteiger partial charge >= 0.3 is 5.97 Å². The van der Waals surface area contributed by atoms with Crippen molar-refractivity contribution in [3.63, 3.8) is 0 Å². The summed E-state index contributed by atoms with van der Waals surface area (Å²) >= 11 is 0. The van der Waals surface area contributed by atoms with E-state index in [1.807, 2.05) is 0 Å². The summed E-state index contributed by atoms with van der Waals surface area (Å²) in [7, 11) is -1.64. The predicted molar refractivity (Wildman–Crippen MR) is 106 cm³/mol. The van der Waals surface area contributed by atoms with Gasteiger partial charge in [-0.2, -0.15) is 5.10 Å². The second kappa shape index (κ2) is 7.94. The van der Waals surface area contributed by atoms with Crippen molar-refractivity contribution in [3.8, 4) is 0 Å². The van der Waals surface area contributed by atoms with Gasteiger partial charge in [-0.1, -0.05) is 18.2 Å². The summed E-state index contributed by atoms with van der Waals surface area (Å²) in [6.07, 6.45) is 0.365. The van der Waals surface area contributed by atoms with Crippen LogP contribution in [-0.2, 0) is 19.4 Å². The molecule has 10 heteroatoms. The summed E-state index contributed by atoms with van der Waals surface area (Å²) in [5, 5.41) is 4.83. The average molecular weight is 421 g/mol. The van der Waals surface area contributed by atoms with Gasteiger partial charge in [0.05, 0.1) is 22.9 Å². The minimum Gasteiger partial charge on any atom is -0.451 e. The summed E-state index contributed by atoms with van der Waals surface area (Å²) in [6, 6.07) is 5.89. The highest BCUT2D eigenvalue weighted by atomic mass is 32.2. The minimum atomic E-state index is -3.13. The molecule has 2 aromatic rings. The lowest BCUT2D eigenvalue weighted by Gasteiger charge is -2.23. The van der Waals surface area contributed by atoms with Crippen molar-refractivity contribution < 1.29 is 22.7 Å². The molecule has 2 heterocycles. The molecule has 0 aliphatic carbocycles. The largest absolute Gasteiger partial charge is 0.451 e. The first kappa shape index (κ1) is 21.0. The van der Waals surface area contributed by atoms with Gasteiger partial charge in [-0.15, -0.1) is 0 Å². The maximum atomic E-state index is 12.6. The number of benzene rings is 1. The van der Waals surface area contributed by atoms with E-state index < -0.39 is 34.4 Å². The van der Waals surface area contributed by atoms with Gasteiger partial charge < -0.3 is 9.64 Å². The van der Waals surface area contributed by atoms with E-state index in [0.29, 0.717) is 17.2 Å². The third-order valence-corrected chi connectivity index (χ3v) is 6.74. The second-order valence-corrected chi connectivity index (χ2v) is 9.60. The second-order valence-electron chi connectivity index (χ2n) is 7.38. The Morgan fingerprint density at radius 3 is 2.52 bits per heavy atom. The number of amides is 1. The number of esters is 1. The van der Waals surface area contributed by atoms with Crippen molar-refractivity contribution in [3.05, 3.63) is 40.3 Å². The van der Waals surface area contributed by atoms with Crippen molar-refractivity contribution in [1.82, 2.24) is 14.7 Å². The number of likely N-dealkylation sites (N-methyl/N-ethyl adjacent to an activating group) is 1. The van der Waals surface area contributed by atoms with Crippen LogP contribution in [-0.4, -0.2) is 66.2 Å². The van der Waals surface area contributed by atoms with Crippen LogP contribution in [0.3, 0.4) is 0 Å². The van der Waals surface area contributed by atoms with Crippen LogP contribution in [0.2, 0.25) is 0 Å². The van der Waals surface area contributed by atoms with Crippen LogP contribution in [0, 0.1) is 0 Å². The first-order valence-electron chi connectivity index (χ1n) is 9.25. The normalized spacial score (nSPS) is 18.1. The molecule has 0 radical (unpaired) electrons. The summed E-state index contributed by atoms with van der Waals surface area (Å²) in [4.78, 5) is 38.8. The number of sulfone groups is 1. The maximum absolute atomic E-state index is 12.6. The molecule has 1 amide bonds. The molecule has 1 fully saturated rings. The molecular weight excluding hydrogens is 398 g/mol. The predicted octanol–water partition coefficient (Wildman–Crippen LogP) is 0.780. The lowest BCUT2D eigenvalue weighted by molar-refractivity contribution is -0.134. The average Bonchev–Trinajstić information content (AvgIpc) is 3.05. The number of hydrogen-bond acceptors (Lipinski definition) is 7. The Bertz CT molecular complexity index is 1120. The third-order valence-electron chi connectivity index (χ3n) is 4.99. The molecule has 29 heavy (non-hydrogen) atoms. The molecule has 3 rings (SSSR count). The van der Waals surface area contributed by atoms with Crippen LogP contribution >= 0.6 is 0 Å². The van der Waals surface area contributed by atoms with Gasteiger partial charge in [0.15, 0.2) is 22.1 Å². The van der Waals surface area contributed by atoms with Crippen molar-refractivity contribution in [2.75, 3.05) is 25.2 Å². The molecule has 1 aliphatic rings. The highest BCUT2D eigenvalue weighted by molar-refractivity contribution is 7.91. The molecule has 0 N–H and O–H groups in total. The van der Waals surface area contributed by atoms with E-state index in [4.69, 9.17) is 4.74 Å². The van der Waals surface area contributed by atoms with E-state index in [1.165, 1.54) is 16.6 Å². The Labute approximate surface area is 168 Å². The standard InChI is InChI=1S/C19H23N3O6S/c1-12(2)22-18(24)15-7-5-4-6-14(15)17(20-22)19(25)28-10-16(23)21(3)13-8-9-29(26,27)11-13/h4-7,12-13H,8-11H2,1-3H3/t13-/m1/s1. The number of carbonyl (C=O) groups is 2. The van der Waals surface area contributed by atoms with Gasteiger partial charge in [-0.3, -0.25) is 9.59 Å². The van der Waals surface area contributed by atoms with E-state index in [1.54, 1.807) is 38.1 Å². The van der Waals surface area contributed by atoms with E-state index in [2.05, 4.69) is 5.10 Å². The van der Waals surface area contributed by atoms with Crippen LogP contribution in [0.1, 0.15) is 36.8 Å². The lowest BCUT2D eigenvalue weighted by Crippen LogP contribution is -2.40.